The number of thiophene rings is 1. The van der Waals surface area contributed by atoms with Crippen LogP contribution in [0.2, 0.25) is 0 Å². The quantitative estimate of drug-likeness (QED) is 0.844. The van der Waals surface area contributed by atoms with E-state index < -0.39 is 0 Å². The number of likely N-dealkylation sites (tertiary alicyclic amines) is 1. The van der Waals surface area contributed by atoms with Gasteiger partial charge in [0.15, 0.2) is 0 Å². The Balaban J connectivity index is 1.58. The van der Waals surface area contributed by atoms with Gasteiger partial charge in [0, 0.05) is 16.0 Å². The van der Waals surface area contributed by atoms with Gasteiger partial charge in [-0.25, -0.2) is 4.39 Å². The van der Waals surface area contributed by atoms with Crippen LogP contribution in [0.1, 0.15) is 58.5 Å². The number of benzene rings is 1. The molecular weight excluding hydrogens is 347 g/mol. The lowest BCUT2D eigenvalue weighted by Crippen LogP contribution is -3.11. The molecule has 0 atom stereocenters. The van der Waals surface area contributed by atoms with Gasteiger partial charge in [-0.2, -0.15) is 0 Å². The molecule has 0 bridgehead atoms. The first kappa shape index (κ1) is 17.7. The number of halogens is 1. The first-order chi connectivity index (χ1) is 12.7. The van der Waals surface area contributed by atoms with E-state index in [1.807, 2.05) is 0 Å². The Morgan fingerprint density at radius 1 is 1.04 bits per heavy atom. The van der Waals surface area contributed by atoms with Crippen molar-refractivity contribution in [2.45, 2.75) is 51.5 Å². The number of anilines is 1. The second-order valence-electron chi connectivity index (χ2n) is 7.47. The van der Waals surface area contributed by atoms with Crippen molar-refractivity contribution in [3.8, 4) is 0 Å². The first-order valence-corrected chi connectivity index (χ1v) is 10.6. The van der Waals surface area contributed by atoms with Crippen LogP contribution in [0.5, 0.6) is 0 Å². The van der Waals surface area contributed by atoms with Gasteiger partial charge < -0.3 is 10.2 Å². The largest absolute Gasteiger partial charge is 0.331 e. The summed E-state index contributed by atoms with van der Waals surface area (Å²) in [7, 11) is 0. The molecule has 1 saturated heterocycles. The van der Waals surface area contributed by atoms with Crippen LogP contribution >= 0.6 is 11.3 Å². The molecule has 26 heavy (non-hydrogen) atoms. The molecule has 3 nitrogen and oxygen atoms in total. The second kappa shape index (κ2) is 7.89. The number of hydrogen-bond acceptors (Lipinski definition) is 2. The molecule has 0 saturated carbocycles. The van der Waals surface area contributed by atoms with Gasteiger partial charge in [-0.3, -0.25) is 4.79 Å². The number of carbonyl (C=O) groups is 1. The smallest absolute Gasteiger partial charge is 0.256 e. The van der Waals surface area contributed by atoms with Crippen molar-refractivity contribution in [1.29, 1.82) is 0 Å². The maximum Gasteiger partial charge on any atom is 0.256 e. The summed E-state index contributed by atoms with van der Waals surface area (Å²) < 4.78 is 13.1. The number of quaternary nitrogens is 1. The van der Waals surface area contributed by atoms with Crippen molar-refractivity contribution >= 4 is 22.2 Å². The van der Waals surface area contributed by atoms with Crippen LogP contribution in [0.15, 0.2) is 24.3 Å². The van der Waals surface area contributed by atoms with E-state index in [-0.39, 0.29) is 11.7 Å². The molecule has 1 aromatic heterocycles. The van der Waals surface area contributed by atoms with E-state index in [2.05, 4.69) is 5.32 Å². The number of rotatable bonds is 4. The van der Waals surface area contributed by atoms with Crippen LogP contribution in [0.25, 0.3) is 0 Å². The molecule has 4 rings (SSSR count). The highest BCUT2D eigenvalue weighted by Crippen LogP contribution is 2.38. The van der Waals surface area contributed by atoms with Gasteiger partial charge in [-0.05, 0) is 74.8 Å². The summed E-state index contributed by atoms with van der Waals surface area (Å²) in [6, 6.07) is 5.78. The molecule has 1 aromatic carbocycles. The molecule has 0 radical (unpaired) electrons. The molecule has 1 amide bonds. The summed E-state index contributed by atoms with van der Waals surface area (Å²) in [4.78, 5) is 15.7. The highest BCUT2D eigenvalue weighted by molar-refractivity contribution is 7.16. The second-order valence-corrected chi connectivity index (χ2v) is 8.57. The lowest BCUT2D eigenvalue weighted by atomic mass is 9.95. The molecule has 1 aliphatic carbocycles. The Morgan fingerprint density at radius 2 is 1.77 bits per heavy atom. The summed E-state index contributed by atoms with van der Waals surface area (Å²) in [6.45, 7) is 3.48. The van der Waals surface area contributed by atoms with Crippen LogP contribution in [-0.4, -0.2) is 19.0 Å². The van der Waals surface area contributed by atoms with Gasteiger partial charge in [0.2, 0.25) is 0 Å². The minimum absolute atomic E-state index is 0.140. The van der Waals surface area contributed by atoms with Crippen LogP contribution in [0.4, 0.5) is 9.39 Å². The Bertz CT molecular complexity index is 778. The van der Waals surface area contributed by atoms with Gasteiger partial charge in [0.1, 0.15) is 17.4 Å². The van der Waals surface area contributed by atoms with Gasteiger partial charge in [0.05, 0.1) is 13.1 Å². The average Bonchev–Trinajstić information content (AvgIpc) is 3.00. The van der Waals surface area contributed by atoms with E-state index >= 15 is 0 Å². The fourth-order valence-electron chi connectivity index (χ4n) is 4.17. The summed E-state index contributed by atoms with van der Waals surface area (Å²) in [5, 5.41) is 4.15. The maximum absolute atomic E-state index is 13.1. The number of piperidine rings is 1. The minimum atomic E-state index is -0.317. The monoisotopic (exact) mass is 373 g/mol. The Labute approximate surface area is 158 Å². The van der Waals surface area contributed by atoms with Crippen molar-refractivity contribution in [2.75, 3.05) is 18.4 Å². The highest BCUT2D eigenvalue weighted by Gasteiger charge is 2.26. The summed E-state index contributed by atoms with van der Waals surface area (Å²) in [5.74, 6) is -0.457. The Kier molecular flexibility index (Phi) is 5.36. The van der Waals surface area contributed by atoms with Crippen LogP contribution < -0.4 is 10.2 Å². The highest BCUT2D eigenvalue weighted by atomic mass is 32.1. The van der Waals surface area contributed by atoms with Crippen molar-refractivity contribution in [3.05, 3.63) is 51.7 Å². The number of nitrogens with one attached hydrogen (secondary N) is 2. The lowest BCUT2D eigenvalue weighted by molar-refractivity contribution is -0.918. The lowest BCUT2D eigenvalue weighted by Gasteiger charge is -2.24. The molecule has 2 heterocycles. The molecule has 1 fully saturated rings. The van der Waals surface area contributed by atoms with E-state index in [0.29, 0.717) is 5.56 Å². The number of fused-ring (bicyclic) bond motifs is 1. The van der Waals surface area contributed by atoms with Gasteiger partial charge in [-0.15, -0.1) is 11.3 Å². The van der Waals surface area contributed by atoms with E-state index in [1.165, 1.54) is 73.3 Å². The van der Waals surface area contributed by atoms with Crippen molar-refractivity contribution in [3.63, 3.8) is 0 Å². The SMILES string of the molecule is O=C(Nc1sc2c(c1C[NH+]1CCCCC1)CCCC2)c1ccc(F)cc1. The molecule has 2 aliphatic rings. The Morgan fingerprint density at radius 3 is 2.54 bits per heavy atom. The molecule has 1 aliphatic heterocycles. The summed E-state index contributed by atoms with van der Waals surface area (Å²) >= 11 is 1.76. The first-order valence-electron chi connectivity index (χ1n) is 9.74. The Hall–Kier alpha value is -1.72. The van der Waals surface area contributed by atoms with Crippen molar-refractivity contribution in [1.82, 2.24) is 0 Å². The molecule has 2 aromatic rings. The normalized spacial score (nSPS) is 17.7. The van der Waals surface area contributed by atoms with Crippen LogP contribution in [-0.2, 0) is 19.4 Å². The van der Waals surface area contributed by atoms with Crippen molar-refractivity contribution in [2.24, 2.45) is 0 Å². The molecule has 2 N–H and O–H groups in total. The third kappa shape index (κ3) is 3.84. The topological polar surface area (TPSA) is 33.5 Å². The molecular formula is C21H26FN2OS+. The third-order valence-electron chi connectivity index (χ3n) is 5.60. The fraction of sp³-hybridized carbons (Fsp3) is 0.476. The molecule has 0 spiro atoms. The number of carbonyl (C=O) groups excluding carboxylic acids is 1. The zero-order valence-corrected chi connectivity index (χ0v) is 15.9. The summed E-state index contributed by atoms with van der Waals surface area (Å²) in [6.07, 6.45) is 8.72. The van der Waals surface area contributed by atoms with Crippen molar-refractivity contribution < 1.29 is 14.1 Å². The van der Waals surface area contributed by atoms with Gasteiger partial charge in [0.25, 0.3) is 5.91 Å². The van der Waals surface area contributed by atoms with E-state index in [0.717, 1.165) is 24.4 Å². The van der Waals surface area contributed by atoms with Gasteiger partial charge in [-0.1, -0.05) is 0 Å². The van der Waals surface area contributed by atoms with E-state index in [4.69, 9.17) is 0 Å². The number of amides is 1. The molecule has 138 valence electrons. The zero-order chi connectivity index (χ0) is 17.9. The standard InChI is InChI=1S/C21H25FN2OS/c22-16-10-8-15(9-11-16)20(25)23-21-18(14-24-12-4-1-5-13-24)17-6-2-3-7-19(17)26-21/h8-11H,1-7,12-14H2,(H,23,25)/p+1. The van der Waals surface area contributed by atoms with Gasteiger partial charge >= 0.3 is 0 Å². The maximum atomic E-state index is 13.1. The van der Waals surface area contributed by atoms with E-state index in [9.17, 15) is 9.18 Å². The average molecular weight is 374 g/mol. The minimum Gasteiger partial charge on any atom is -0.331 e. The predicted octanol–water partition coefficient (Wildman–Crippen LogP) is 3.59. The molecule has 5 heteroatoms. The van der Waals surface area contributed by atoms with Crippen LogP contribution in [0, 0.1) is 5.82 Å². The number of hydrogen-bond donors (Lipinski definition) is 2. The number of aryl methyl sites for hydroxylation is 1. The third-order valence-corrected chi connectivity index (χ3v) is 6.85. The predicted molar refractivity (Wildman–Crippen MR) is 104 cm³/mol. The van der Waals surface area contributed by atoms with E-state index in [1.54, 1.807) is 28.4 Å². The van der Waals surface area contributed by atoms with Crippen LogP contribution in [0.3, 0.4) is 0 Å². The fourth-order valence-corrected chi connectivity index (χ4v) is 5.48. The zero-order valence-electron chi connectivity index (χ0n) is 15.1. The molecule has 0 unspecified atom stereocenters. The summed E-state index contributed by atoms with van der Waals surface area (Å²) in [5.41, 5.74) is 3.36.